The molecule has 1 heterocycles. The number of carbonyl (C=O) groups is 2. The van der Waals surface area contributed by atoms with E-state index >= 15 is 0 Å². The average Bonchev–Trinajstić information content (AvgIpc) is 2.39. The van der Waals surface area contributed by atoms with Crippen LogP contribution in [-0.2, 0) is 23.8 Å². The monoisotopic (exact) mass is 214 g/mol. The molecule has 0 aromatic carbocycles. The van der Waals surface area contributed by atoms with E-state index in [0.717, 1.165) is 0 Å². The Bertz CT molecular complexity index is 292. The molecule has 1 fully saturated rings. The minimum absolute atomic E-state index is 0.303. The summed E-state index contributed by atoms with van der Waals surface area (Å²) >= 11 is 0. The van der Waals surface area contributed by atoms with E-state index in [1.165, 1.54) is 19.3 Å². The van der Waals surface area contributed by atoms with Crippen LogP contribution in [0.2, 0.25) is 0 Å². The van der Waals surface area contributed by atoms with Gasteiger partial charge in [0.15, 0.2) is 6.10 Å². The fourth-order valence-corrected chi connectivity index (χ4v) is 1.22. The largest absolute Gasteiger partial charge is 0.466 e. The molecule has 1 aliphatic heterocycles. The lowest BCUT2D eigenvalue weighted by Crippen LogP contribution is -2.21. The Morgan fingerprint density at radius 1 is 1.60 bits per heavy atom. The summed E-state index contributed by atoms with van der Waals surface area (Å²) in [6.45, 7) is 3.32. The van der Waals surface area contributed by atoms with Crippen LogP contribution in [0.3, 0.4) is 0 Å². The maximum atomic E-state index is 11.2. The third kappa shape index (κ3) is 3.36. The Labute approximate surface area is 88.0 Å². The van der Waals surface area contributed by atoms with Crippen molar-refractivity contribution in [1.82, 2.24) is 0 Å². The fourth-order valence-electron chi connectivity index (χ4n) is 1.22. The van der Waals surface area contributed by atoms with E-state index < -0.39 is 23.8 Å². The summed E-state index contributed by atoms with van der Waals surface area (Å²) in [6, 6.07) is 0. The third-order valence-corrected chi connectivity index (χ3v) is 1.84. The van der Waals surface area contributed by atoms with Crippen molar-refractivity contribution < 1.29 is 23.8 Å². The predicted molar refractivity (Wildman–Crippen MR) is 50.8 cm³/mol. The summed E-state index contributed by atoms with van der Waals surface area (Å²) in [4.78, 5) is 22.0. The lowest BCUT2D eigenvalue weighted by atomic mass is 10.2. The number of esters is 2. The highest BCUT2D eigenvalue weighted by Crippen LogP contribution is 2.25. The second-order valence-electron chi connectivity index (χ2n) is 3.59. The Morgan fingerprint density at radius 3 is 2.73 bits per heavy atom. The summed E-state index contributed by atoms with van der Waals surface area (Å²) < 4.78 is 14.6. The molecular weight excluding hydrogens is 200 g/mol. The Morgan fingerprint density at radius 2 is 2.27 bits per heavy atom. The first-order chi connectivity index (χ1) is 6.94. The molecule has 1 saturated heterocycles. The fraction of sp³-hybridized carbons (Fsp3) is 0.600. The highest BCUT2D eigenvalue weighted by molar-refractivity contribution is 5.82. The molecule has 0 bridgehead atoms. The molecule has 1 unspecified atom stereocenters. The van der Waals surface area contributed by atoms with E-state index in [0.29, 0.717) is 6.42 Å². The van der Waals surface area contributed by atoms with Gasteiger partial charge in [-0.05, 0) is 0 Å². The van der Waals surface area contributed by atoms with Crippen molar-refractivity contribution in [3.63, 3.8) is 0 Å². The van der Waals surface area contributed by atoms with Gasteiger partial charge in [-0.1, -0.05) is 6.08 Å². The molecule has 0 aromatic rings. The zero-order chi connectivity index (χ0) is 11.5. The minimum atomic E-state index is -0.874. The van der Waals surface area contributed by atoms with Crippen molar-refractivity contribution in [2.45, 2.75) is 32.2 Å². The van der Waals surface area contributed by atoms with Crippen molar-refractivity contribution in [2.75, 3.05) is 7.11 Å². The van der Waals surface area contributed by atoms with Gasteiger partial charge in [-0.2, -0.15) is 0 Å². The molecule has 0 radical (unpaired) electrons. The second kappa shape index (κ2) is 4.44. The lowest BCUT2D eigenvalue weighted by molar-refractivity contribution is -0.160. The van der Waals surface area contributed by atoms with Crippen molar-refractivity contribution in [3.05, 3.63) is 12.2 Å². The van der Waals surface area contributed by atoms with E-state index in [1.807, 2.05) is 0 Å². The van der Waals surface area contributed by atoms with Gasteiger partial charge in [-0.15, -0.1) is 0 Å². The van der Waals surface area contributed by atoms with Crippen LogP contribution in [0.15, 0.2) is 12.2 Å². The zero-order valence-corrected chi connectivity index (χ0v) is 8.98. The molecule has 0 aliphatic carbocycles. The summed E-state index contributed by atoms with van der Waals surface area (Å²) in [5.41, 5.74) is 0. The van der Waals surface area contributed by atoms with E-state index in [1.54, 1.807) is 13.8 Å². The molecule has 1 rings (SSSR count). The maximum absolute atomic E-state index is 11.2. The van der Waals surface area contributed by atoms with Gasteiger partial charge in [0.1, 0.15) is 0 Å². The molecule has 5 nitrogen and oxygen atoms in total. The van der Waals surface area contributed by atoms with Gasteiger partial charge in [0.05, 0.1) is 7.11 Å². The van der Waals surface area contributed by atoms with Gasteiger partial charge < -0.3 is 14.2 Å². The average molecular weight is 214 g/mol. The Kier molecular flexibility index (Phi) is 3.47. The van der Waals surface area contributed by atoms with Crippen LogP contribution in [0.1, 0.15) is 20.3 Å². The van der Waals surface area contributed by atoms with Crippen LogP contribution in [0.5, 0.6) is 0 Å². The molecule has 0 N–H and O–H groups in total. The molecule has 1 atom stereocenters. The number of hydrogen-bond acceptors (Lipinski definition) is 5. The summed E-state index contributed by atoms with van der Waals surface area (Å²) in [5.74, 6) is -1.74. The van der Waals surface area contributed by atoms with Crippen molar-refractivity contribution in [2.24, 2.45) is 0 Å². The highest BCUT2D eigenvalue weighted by Gasteiger charge is 2.40. The maximum Gasteiger partial charge on any atom is 0.338 e. The van der Waals surface area contributed by atoms with E-state index in [4.69, 9.17) is 9.47 Å². The van der Waals surface area contributed by atoms with Crippen molar-refractivity contribution >= 4 is 11.9 Å². The normalized spacial score (nSPS) is 24.2. The topological polar surface area (TPSA) is 61.8 Å². The van der Waals surface area contributed by atoms with Crippen LogP contribution >= 0.6 is 0 Å². The van der Waals surface area contributed by atoms with Gasteiger partial charge in [0, 0.05) is 26.3 Å². The summed E-state index contributed by atoms with van der Waals surface area (Å²) in [7, 11) is 1.29. The molecule has 0 amide bonds. The summed E-state index contributed by atoms with van der Waals surface area (Å²) in [6.07, 6.45) is 2.44. The summed E-state index contributed by atoms with van der Waals surface area (Å²) in [5, 5.41) is 0. The molecule has 84 valence electrons. The number of carbonyl (C=O) groups excluding carboxylic acids is 2. The molecule has 0 spiro atoms. The first-order valence-electron chi connectivity index (χ1n) is 4.60. The molecule has 0 saturated carbocycles. The van der Waals surface area contributed by atoms with E-state index in [2.05, 4.69) is 4.74 Å². The third-order valence-electron chi connectivity index (χ3n) is 1.84. The predicted octanol–water partition coefficient (Wildman–Crippen LogP) is 0.784. The molecule has 0 aromatic heterocycles. The van der Waals surface area contributed by atoms with E-state index in [-0.39, 0.29) is 0 Å². The van der Waals surface area contributed by atoms with Crippen LogP contribution < -0.4 is 0 Å². The van der Waals surface area contributed by atoms with Gasteiger partial charge in [-0.25, -0.2) is 9.59 Å². The number of methoxy groups -OCH3 is 1. The molecule has 15 heavy (non-hydrogen) atoms. The number of ether oxygens (including phenoxy) is 3. The van der Waals surface area contributed by atoms with Crippen LogP contribution in [-0.4, -0.2) is 30.9 Å². The Balaban J connectivity index is 2.44. The molecule has 5 heteroatoms. The van der Waals surface area contributed by atoms with Crippen LogP contribution in [0.4, 0.5) is 0 Å². The minimum Gasteiger partial charge on any atom is -0.466 e. The van der Waals surface area contributed by atoms with Crippen LogP contribution in [0, 0.1) is 0 Å². The Hall–Kier alpha value is -1.36. The van der Waals surface area contributed by atoms with Gasteiger partial charge in [0.25, 0.3) is 0 Å². The number of rotatable bonds is 3. The quantitative estimate of drug-likeness (QED) is 0.513. The highest BCUT2D eigenvalue weighted by atomic mass is 16.8. The van der Waals surface area contributed by atoms with Crippen LogP contribution in [0.25, 0.3) is 0 Å². The smallest absolute Gasteiger partial charge is 0.338 e. The lowest BCUT2D eigenvalue weighted by Gasteiger charge is -2.14. The SMILES string of the molecule is COC(=O)/C=C/CC1OC(C)(C)OC1=O. The van der Waals surface area contributed by atoms with Crippen molar-refractivity contribution in [3.8, 4) is 0 Å². The number of hydrogen-bond donors (Lipinski definition) is 0. The first kappa shape index (κ1) is 11.7. The number of cyclic esters (lactones) is 1. The van der Waals surface area contributed by atoms with Gasteiger partial charge in [0.2, 0.25) is 5.79 Å². The van der Waals surface area contributed by atoms with Gasteiger partial charge >= 0.3 is 11.9 Å². The molecular formula is C10H14O5. The zero-order valence-electron chi connectivity index (χ0n) is 8.98. The second-order valence-corrected chi connectivity index (χ2v) is 3.59. The molecule has 1 aliphatic rings. The van der Waals surface area contributed by atoms with E-state index in [9.17, 15) is 9.59 Å². The first-order valence-corrected chi connectivity index (χ1v) is 4.60. The van der Waals surface area contributed by atoms with Crippen molar-refractivity contribution in [1.29, 1.82) is 0 Å². The van der Waals surface area contributed by atoms with Gasteiger partial charge in [-0.3, -0.25) is 0 Å². The standard InChI is InChI=1S/C10H14O5/c1-10(2)14-7(9(12)15-10)5-4-6-8(11)13-3/h4,6-7H,5H2,1-3H3/b6-4+.